The lowest BCUT2D eigenvalue weighted by atomic mass is 10.1. The summed E-state index contributed by atoms with van der Waals surface area (Å²) in [7, 11) is -2.36. The minimum absolute atomic E-state index is 0.0301. The molecule has 0 atom stereocenters. The SMILES string of the molecule is Cn1cc(-c2ccc(Cn3cc(S(=O)(=O)CCCC(=O)c4cnccn4)c4c(F)cc(F)cc43)c(F)c2)cn1. The second kappa shape index (κ2) is 10.4. The van der Waals surface area contributed by atoms with Crippen molar-refractivity contribution in [2.75, 3.05) is 5.75 Å². The van der Waals surface area contributed by atoms with Gasteiger partial charge in [0.2, 0.25) is 0 Å². The molecule has 0 radical (unpaired) electrons. The summed E-state index contributed by atoms with van der Waals surface area (Å²) in [6.45, 7) is -0.167. The van der Waals surface area contributed by atoms with Gasteiger partial charge in [-0.3, -0.25) is 14.5 Å². The third-order valence-electron chi connectivity index (χ3n) is 6.30. The molecule has 0 N–H and O–H groups in total. The Hall–Kier alpha value is -4.32. The Labute approximate surface area is 221 Å². The quantitative estimate of drug-likeness (QED) is 0.245. The molecule has 3 heterocycles. The molecule has 0 amide bonds. The summed E-state index contributed by atoms with van der Waals surface area (Å²) in [5, 5.41) is 3.79. The van der Waals surface area contributed by atoms with E-state index < -0.39 is 33.0 Å². The second-order valence-electron chi connectivity index (χ2n) is 9.05. The van der Waals surface area contributed by atoms with E-state index in [2.05, 4.69) is 15.1 Å². The maximum atomic E-state index is 15.1. The number of nitrogens with zero attached hydrogens (tertiary/aromatic N) is 5. The fourth-order valence-corrected chi connectivity index (χ4v) is 5.93. The lowest BCUT2D eigenvalue weighted by Gasteiger charge is -2.08. The van der Waals surface area contributed by atoms with Crippen LogP contribution in [0.3, 0.4) is 0 Å². The van der Waals surface area contributed by atoms with Gasteiger partial charge in [-0.15, -0.1) is 0 Å². The first kappa shape index (κ1) is 26.3. The van der Waals surface area contributed by atoms with Gasteiger partial charge in [0.1, 0.15) is 23.1 Å². The fourth-order valence-electron chi connectivity index (χ4n) is 4.39. The van der Waals surface area contributed by atoms with Gasteiger partial charge in [0, 0.05) is 55.4 Å². The molecule has 5 aromatic rings. The number of rotatable bonds is 9. The molecule has 0 aliphatic rings. The molecule has 0 saturated carbocycles. The summed E-state index contributed by atoms with van der Waals surface area (Å²) in [6, 6.07) is 6.16. The first-order chi connectivity index (χ1) is 18.6. The molecular formula is C27H22F3N5O3S. The van der Waals surface area contributed by atoms with Crippen molar-refractivity contribution in [1.29, 1.82) is 0 Å². The summed E-state index contributed by atoms with van der Waals surface area (Å²) in [6.07, 6.45) is 8.41. The van der Waals surface area contributed by atoms with Crippen LogP contribution in [0.4, 0.5) is 13.2 Å². The van der Waals surface area contributed by atoms with Gasteiger partial charge in [-0.25, -0.2) is 26.6 Å². The number of Topliss-reactive ketones (excluding diaryl/α,β-unsaturated/α-hetero) is 1. The molecule has 0 bridgehead atoms. The van der Waals surface area contributed by atoms with Crippen molar-refractivity contribution in [2.24, 2.45) is 7.05 Å². The van der Waals surface area contributed by atoms with Gasteiger partial charge in [0.05, 0.1) is 40.5 Å². The minimum atomic E-state index is -4.10. The number of sulfone groups is 1. The van der Waals surface area contributed by atoms with Crippen LogP contribution >= 0.6 is 0 Å². The van der Waals surface area contributed by atoms with Crippen LogP contribution in [0.1, 0.15) is 28.9 Å². The normalized spacial score (nSPS) is 11.8. The van der Waals surface area contributed by atoms with Gasteiger partial charge in [0.15, 0.2) is 15.6 Å². The minimum Gasteiger partial charge on any atom is -0.341 e. The number of aryl methyl sites for hydroxylation is 1. The Kier molecular flexibility index (Phi) is 7.04. The second-order valence-corrected chi connectivity index (χ2v) is 11.1. The van der Waals surface area contributed by atoms with Crippen LogP contribution in [0.25, 0.3) is 22.0 Å². The van der Waals surface area contributed by atoms with E-state index in [1.54, 1.807) is 30.2 Å². The highest BCUT2D eigenvalue weighted by atomic mass is 32.2. The van der Waals surface area contributed by atoms with Crippen molar-refractivity contribution in [1.82, 2.24) is 24.3 Å². The third-order valence-corrected chi connectivity index (χ3v) is 8.10. The lowest BCUT2D eigenvalue weighted by Crippen LogP contribution is -2.10. The van der Waals surface area contributed by atoms with Gasteiger partial charge < -0.3 is 4.57 Å². The van der Waals surface area contributed by atoms with Crippen LogP contribution in [0.5, 0.6) is 0 Å². The maximum Gasteiger partial charge on any atom is 0.182 e. The summed E-state index contributed by atoms with van der Waals surface area (Å²) >= 11 is 0. The zero-order valence-electron chi connectivity index (χ0n) is 20.7. The van der Waals surface area contributed by atoms with Crippen LogP contribution in [-0.4, -0.2) is 44.3 Å². The van der Waals surface area contributed by atoms with Gasteiger partial charge in [-0.05, 0) is 24.1 Å². The molecule has 39 heavy (non-hydrogen) atoms. The molecule has 0 aliphatic heterocycles. The van der Waals surface area contributed by atoms with Crippen LogP contribution in [0.15, 0.2) is 72.4 Å². The largest absolute Gasteiger partial charge is 0.341 e. The first-order valence-electron chi connectivity index (χ1n) is 11.9. The molecule has 3 aromatic heterocycles. The highest BCUT2D eigenvalue weighted by molar-refractivity contribution is 7.91. The number of carbonyl (C=O) groups excluding carboxylic acids is 1. The topological polar surface area (TPSA) is 99.7 Å². The summed E-state index contributed by atoms with van der Waals surface area (Å²) in [4.78, 5) is 19.7. The van der Waals surface area contributed by atoms with Crippen molar-refractivity contribution in [3.05, 3.63) is 96.2 Å². The average Bonchev–Trinajstić information content (AvgIpc) is 3.50. The number of aromatic nitrogens is 5. The van der Waals surface area contributed by atoms with Crippen molar-refractivity contribution in [3.63, 3.8) is 0 Å². The molecule has 0 fully saturated rings. The van der Waals surface area contributed by atoms with E-state index in [0.717, 1.165) is 6.07 Å². The van der Waals surface area contributed by atoms with Crippen molar-refractivity contribution in [2.45, 2.75) is 24.3 Å². The van der Waals surface area contributed by atoms with E-state index in [-0.39, 0.29) is 52.2 Å². The van der Waals surface area contributed by atoms with Crippen molar-refractivity contribution >= 4 is 26.5 Å². The van der Waals surface area contributed by atoms with Gasteiger partial charge in [-0.2, -0.15) is 5.10 Å². The van der Waals surface area contributed by atoms with E-state index >= 15 is 4.39 Å². The number of ketones is 1. The maximum absolute atomic E-state index is 15.1. The highest BCUT2D eigenvalue weighted by Gasteiger charge is 2.25. The Morgan fingerprint density at radius 1 is 0.974 bits per heavy atom. The van der Waals surface area contributed by atoms with Crippen molar-refractivity contribution < 1.29 is 26.4 Å². The van der Waals surface area contributed by atoms with Gasteiger partial charge in [-0.1, -0.05) is 12.1 Å². The number of carbonyl (C=O) groups is 1. The zero-order valence-corrected chi connectivity index (χ0v) is 21.5. The third kappa shape index (κ3) is 5.46. The molecule has 12 heteroatoms. The monoisotopic (exact) mass is 553 g/mol. The predicted molar refractivity (Wildman–Crippen MR) is 137 cm³/mol. The van der Waals surface area contributed by atoms with Gasteiger partial charge >= 0.3 is 0 Å². The molecule has 0 aliphatic carbocycles. The Morgan fingerprint density at radius 3 is 2.49 bits per heavy atom. The number of fused-ring (bicyclic) bond motifs is 1. The summed E-state index contributed by atoms with van der Waals surface area (Å²) < 4.78 is 73.5. The highest BCUT2D eigenvalue weighted by Crippen LogP contribution is 2.31. The Morgan fingerprint density at radius 2 is 1.79 bits per heavy atom. The van der Waals surface area contributed by atoms with E-state index in [1.807, 2.05) is 0 Å². The predicted octanol–water partition coefficient (Wildman–Crippen LogP) is 4.73. The van der Waals surface area contributed by atoms with Crippen LogP contribution < -0.4 is 0 Å². The Bertz CT molecular complexity index is 1800. The smallest absolute Gasteiger partial charge is 0.182 e. The standard InChI is InChI=1S/C27H22F3N5O3S/c1-34-14-19(12-33-34)17-4-5-18(21(29)9-17)15-35-16-26(27-22(30)10-20(28)11-24(27)35)39(37,38)8-2-3-25(36)23-13-31-6-7-32-23/h4-7,9-14,16H,2-3,8,15H2,1H3. The molecule has 0 unspecified atom stereocenters. The van der Waals surface area contributed by atoms with Crippen molar-refractivity contribution in [3.8, 4) is 11.1 Å². The Balaban J connectivity index is 1.44. The number of halogens is 3. The molecule has 8 nitrogen and oxygen atoms in total. The first-order valence-corrected chi connectivity index (χ1v) is 13.5. The average molecular weight is 554 g/mol. The molecule has 0 spiro atoms. The summed E-state index contributed by atoms with van der Waals surface area (Å²) in [5.41, 5.74) is 1.59. The molecule has 0 saturated heterocycles. The lowest BCUT2D eigenvalue weighted by molar-refractivity contribution is 0.0977. The number of benzene rings is 2. The van der Waals surface area contributed by atoms with E-state index in [1.165, 1.54) is 41.5 Å². The number of hydrogen-bond donors (Lipinski definition) is 0. The molecule has 2 aromatic carbocycles. The van der Waals surface area contributed by atoms with E-state index in [4.69, 9.17) is 0 Å². The van der Waals surface area contributed by atoms with Gasteiger partial charge in [0.25, 0.3) is 0 Å². The fraction of sp³-hybridized carbons (Fsp3) is 0.185. The van der Waals surface area contributed by atoms with E-state index in [0.29, 0.717) is 17.2 Å². The van der Waals surface area contributed by atoms with Crippen LogP contribution in [0, 0.1) is 17.5 Å². The zero-order chi connectivity index (χ0) is 27.7. The van der Waals surface area contributed by atoms with Crippen LogP contribution in [-0.2, 0) is 23.4 Å². The van der Waals surface area contributed by atoms with Crippen LogP contribution in [0.2, 0.25) is 0 Å². The van der Waals surface area contributed by atoms with E-state index in [9.17, 15) is 22.0 Å². The summed E-state index contributed by atoms with van der Waals surface area (Å²) in [5.74, 6) is -3.35. The number of hydrogen-bond acceptors (Lipinski definition) is 6. The molecular weight excluding hydrogens is 531 g/mol. The molecule has 200 valence electrons. The molecule has 5 rings (SSSR count).